The zero-order valence-corrected chi connectivity index (χ0v) is 13.2. The van der Waals surface area contributed by atoms with Crippen LogP contribution in [-0.4, -0.2) is 6.54 Å². The number of para-hydroxylation sites is 1. The van der Waals surface area contributed by atoms with Crippen molar-refractivity contribution < 1.29 is 9.13 Å². The highest BCUT2D eigenvalue weighted by molar-refractivity contribution is 6.32. The molecule has 0 aliphatic carbocycles. The molecule has 0 saturated heterocycles. The average Bonchev–Trinajstić information content (AvgIpc) is 2.43. The Kier molecular flexibility index (Phi) is 5.21. The molecule has 2 aromatic carbocycles. The Balaban J connectivity index is 2.38. The van der Waals surface area contributed by atoms with E-state index in [0.29, 0.717) is 10.8 Å². The predicted octanol–water partition coefficient (Wildman–Crippen LogP) is 5.25. The van der Waals surface area contributed by atoms with Crippen LogP contribution in [0.5, 0.6) is 11.5 Å². The summed E-state index contributed by atoms with van der Waals surface area (Å²) in [6, 6.07) is 10.4. The quantitative estimate of drug-likeness (QED) is 0.814. The molecular formula is C17H19ClFNO. The van der Waals surface area contributed by atoms with Gasteiger partial charge in [-0.25, -0.2) is 4.39 Å². The van der Waals surface area contributed by atoms with E-state index in [2.05, 4.69) is 5.32 Å². The van der Waals surface area contributed by atoms with Crippen LogP contribution in [0, 0.1) is 12.7 Å². The van der Waals surface area contributed by atoms with Crippen LogP contribution in [0.1, 0.15) is 31.0 Å². The van der Waals surface area contributed by atoms with E-state index in [0.717, 1.165) is 17.7 Å². The van der Waals surface area contributed by atoms with Gasteiger partial charge in [0.2, 0.25) is 0 Å². The van der Waals surface area contributed by atoms with E-state index in [1.165, 1.54) is 6.07 Å². The molecule has 0 aliphatic rings. The first-order chi connectivity index (χ1) is 10.0. The molecule has 0 aliphatic heterocycles. The summed E-state index contributed by atoms with van der Waals surface area (Å²) in [4.78, 5) is 0. The van der Waals surface area contributed by atoms with Crippen molar-refractivity contribution in [3.63, 3.8) is 0 Å². The molecule has 0 heterocycles. The van der Waals surface area contributed by atoms with Gasteiger partial charge >= 0.3 is 0 Å². The summed E-state index contributed by atoms with van der Waals surface area (Å²) < 4.78 is 19.9. The van der Waals surface area contributed by atoms with Gasteiger partial charge in [0.05, 0.1) is 5.02 Å². The monoisotopic (exact) mass is 307 g/mol. The lowest BCUT2D eigenvalue weighted by Gasteiger charge is -2.18. The third-order valence-electron chi connectivity index (χ3n) is 3.27. The smallest absolute Gasteiger partial charge is 0.167 e. The number of hydrogen-bond acceptors (Lipinski definition) is 2. The van der Waals surface area contributed by atoms with Crippen molar-refractivity contribution in [3.05, 3.63) is 58.4 Å². The highest BCUT2D eigenvalue weighted by Gasteiger charge is 2.16. The van der Waals surface area contributed by atoms with Crippen LogP contribution >= 0.6 is 11.6 Å². The number of nitrogens with one attached hydrogen (secondary N) is 1. The van der Waals surface area contributed by atoms with Gasteiger partial charge < -0.3 is 10.1 Å². The first-order valence-corrected chi connectivity index (χ1v) is 7.36. The van der Waals surface area contributed by atoms with Gasteiger partial charge in [0.1, 0.15) is 5.75 Å². The van der Waals surface area contributed by atoms with Gasteiger partial charge in [-0.05, 0) is 44.2 Å². The summed E-state index contributed by atoms with van der Waals surface area (Å²) in [7, 11) is 0. The zero-order chi connectivity index (χ0) is 15.4. The van der Waals surface area contributed by atoms with Crippen LogP contribution in [0.15, 0.2) is 36.4 Å². The minimum absolute atomic E-state index is 0.00933. The van der Waals surface area contributed by atoms with E-state index in [9.17, 15) is 4.39 Å². The third-order valence-corrected chi connectivity index (χ3v) is 3.57. The Morgan fingerprint density at radius 3 is 2.71 bits per heavy atom. The lowest BCUT2D eigenvalue weighted by Crippen LogP contribution is -2.18. The predicted molar refractivity (Wildman–Crippen MR) is 84.8 cm³/mol. The molecule has 0 saturated carbocycles. The highest BCUT2D eigenvalue weighted by Crippen LogP contribution is 2.35. The molecule has 1 atom stereocenters. The lowest BCUT2D eigenvalue weighted by molar-refractivity contribution is 0.426. The topological polar surface area (TPSA) is 21.3 Å². The van der Waals surface area contributed by atoms with Crippen molar-refractivity contribution in [2.75, 3.05) is 6.54 Å². The molecule has 1 unspecified atom stereocenters. The summed E-state index contributed by atoms with van der Waals surface area (Å²) in [6.07, 6.45) is 0. The number of halogens is 2. The standard InChI is InChI=1S/C17H19ClFNO/c1-4-20-12(3)13-6-5-7-15(19)17(13)21-16-9-8-11(2)10-14(16)18/h5-10,12,20H,4H2,1-3H3. The van der Waals surface area contributed by atoms with Crippen molar-refractivity contribution in [1.29, 1.82) is 0 Å². The fourth-order valence-corrected chi connectivity index (χ4v) is 2.46. The summed E-state index contributed by atoms with van der Waals surface area (Å²) >= 11 is 6.16. The molecule has 0 radical (unpaired) electrons. The second kappa shape index (κ2) is 6.92. The van der Waals surface area contributed by atoms with Gasteiger partial charge in [-0.15, -0.1) is 0 Å². The molecule has 112 valence electrons. The van der Waals surface area contributed by atoms with Crippen LogP contribution < -0.4 is 10.1 Å². The van der Waals surface area contributed by atoms with Crippen molar-refractivity contribution >= 4 is 11.6 Å². The fourth-order valence-electron chi connectivity index (χ4n) is 2.19. The maximum absolute atomic E-state index is 14.2. The van der Waals surface area contributed by atoms with E-state index in [1.807, 2.05) is 32.9 Å². The van der Waals surface area contributed by atoms with Gasteiger partial charge in [0.25, 0.3) is 0 Å². The lowest BCUT2D eigenvalue weighted by atomic mass is 10.1. The maximum atomic E-state index is 14.2. The van der Waals surface area contributed by atoms with Crippen molar-refractivity contribution in [2.45, 2.75) is 26.8 Å². The van der Waals surface area contributed by atoms with Crippen LogP contribution in [-0.2, 0) is 0 Å². The fraction of sp³-hybridized carbons (Fsp3) is 0.294. The van der Waals surface area contributed by atoms with Crippen molar-refractivity contribution in [3.8, 4) is 11.5 Å². The van der Waals surface area contributed by atoms with Gasteiger partial charge in [0, 0.05) is 11.6 Å². The average molecular weight is 308 g/mol. The molecule has 0 fully saturated rings. The first-order valence-electron chi connectivity index (χ1n) is 6.98. The normalized spacial score (nSPS) is 12.2. The SMILES string of the molecule is CCNC(C)c1cccc(F)c1Oc1ccc(C)cc1Cl. The number of aryl methyl sites for hydroxylation is 1. The Hall–Kier alpha value is -1.58. The summed E-state index contributed by atoms with van der Waals surface area (Å²) in [5, 5.41) is 3.73. The molecule has 0 spiro atoms. The van der Waals surface area contributed by atoms with Gasteiger partial charge in [-0.3, -0.25) is 0 Å². The largest absolute Gasteiger partial charge is 0.452 e. The van der Waals surface area contributed by atoms with E-state index in [1.54, 1.807) is 18.2 Å². The number of rotatable bonds is 5. The molecule has 0 amide bonds. The van der Waals surface area contributed by atoms with E-state index < -0.39 is 5.82 Å². The molecule has 21 heavy (non-hydrogen) atoms. The minimum Gasteiger partial charge on any atom is -0.452 e. The maximum Gasteiger partial charge on any atom is 0.167 e. The first kappa shape index (κ1) is 15.8. The Bertz CT molecular complexity index is 630. The van der Waals surface area contributed by atoms with Crippen molar-refractivity contribution in [2.24, 2.45) is 0 Å². The third kappa shape index (κ3) is 3.74. The Morgan fingerprint density at radius 2 is 2.05 bits per heavy atom. The van der Waals surface area contributed by atoms with Crippen molar-refractivity contribution in [1.82, 2.24) is 5.32 Å². The van der Waals surface area contributed by atoms with Gasteiger partial charge in [-0.2, -0.15) is 0 Å². The molecule has 0 bridgehead atoms. The van der Waals surface area contributed by atoms with E-state index >= 15 is 0 Å². The van der Waals surface area contributed by atoms with Gasteiger partial charge in [-0.1, -0.05) is 36.7 Å². The summed E-state index contributed by atoms with van der Waals surface area (Å²) in [5.74, 6) is 0.280. The number of ether oxygens (including phenoxy) is 1. The summed E-state index contributed by atoms with van der Waals surface area (Å²) in [5.41, 5.74) is 1.80. The molecular weight excluding hydrogens is 289 g/mol. The summed E-state index contributed by atoms with van der Waals surface area (Å²) in [6.45, 7) is 6.72. The molecule has 2 rings (SSSR count). The number of benzene rings is 2. The Morgan fingerprint density at radius 1 is 1.29 bits per heavy atom. The molecule has 2 nitrogen and oxygen atoms in total. The van der Waals surface area contributed by atoms with Crippen LogP contribution in [0.3, 0.4) is 0 Å². The second-order valence-electron chi connectivity index (χ2n) is 4.97. The molecule has 2 aromatic rings. The molecule has 0 aromatic heterocycles. The zero-order valence-electron chi connectivity index (χ0n) is 12.4. The number of hydrogen-bond donors (Lipinski definition) is 1. The van der Waals surface area contributed by atoms with Crippen LogP contribution in [0.25, 0.3) is 0 Å². The second-order valence-corrected chi connectivity index (χ2v) is 5.38. The van der Waals surface area contributed by atoms with Crippen LogP contribution in [0.2, 0.25) is 5.02 Å². The highest BCUT2D eigenvalue weighted by atomic mass is 35.5. The minimum atomic E-state index is -0.395. The van der Waals surface area contributed by atoms with Gasteiger partial charge in [0.15, 0.2) is 11.6 Å². The van der Waals surface area contributed by atoms with E-state index in [-0.39, 0.29) is 11.8 Å². The Labute approximate surface area is 129 Å². The molecule has 1 N–H and O–H groups in total. The van der Waals surface area contributed by atoms with Crippen LogP contribution in [0.4, 0.5) is 4.39 Å². The van der Waals surface area contributed by atoms with E-state index in [4.69, 9.17) is 16.3 Å². The molecule has 4 heteroatoms.